The largest absolute Gasteiger partial charge is 0.490 e. The highest BCUT2D eigenvalue weighted by Gasteiger charge is 2.15. The van der Waals surface area contributed by atoms with Crippen molar-refractivity contribution in [1.29, 1.82) is 0 Å². The van der Waals surface area contributed by atoms with Crippen molar-refractivity contribution in [3.8, 4) is 11.5 Å². The Morgan fingerprint density at radius 3 is 2.51 bits per heavy atom. The van der Waals surface area contributed by atoms with Gasteiger partial charge in [-0.2, -0.15) is 5.10 Å². The molecule has 0 bridgehead atoms. The smallest absolute Gasteiger partial charge is 0.271 e. The average Bonchev–Trinajstić information content (AvgIpc) is 2.86. The lowest BCUT2D eigenvalue weighted by Gasteiger charge is -2.15. The maximum atomic E-state index is 12.5. The van der Waals surface area contributed by atoms with Gasteiger partial charge in [0.05, 0.1) is 22.8 Å². The highest BCUT2D eigenvalue weighted by atomic mass is 35.5. The molecule has 0 aliphatic heterocycles. The van der Waals surface area contributed by atoms with Gasteiger partial charge in [0.1, 0.15) is 0 Å². The number of nitrogens with zero attached hydrogens (tertiary/aromatic N) is 2. The maximum absolute atomic E-state index is 12.5. The molecule has 0 aromatic heterocycles. The normalized spacial score (nSPS) is 10.7. The number of nitrogens with one attached hydrogen (secondary N) is 2. The van der Waals surface area contributed by atoms with Crippen LogP contribution < -0.4 is 20.2 Å². The van der Waals surface area contributed by atoms with Crippen LogP contribution in [0, 0.1) is 24.0 Å². The molecule has 0 saturated carbocycles. The number of rotatable bonds is 10. The minimum absolute atomic E-state index is 0.122. The molecule has 0 radical (unpaired) electrons. The number of hydrazone groups is 1. The summed E-state index contributed by atoms with van der Waals surface area (Å²) in [5.41, 5.74) is 5.66. The van der Waals surface area contributed by atoms with E-state index < -0.39 is 10.8 Å². The molecule has 192 valence electrons. The van der Waals surface area contributed by atoms with Gasteiger partial charge in [0.25, 0.3) is 17.5 Å². The third kappa shape index (κ3) is 7.28. The van der Waals surface area contributed by atoms with Crippen molar-refractivity contribution in [2.45, 2.75) is 20.8 Å². The molecular formula is C26H25ClN4O6. The van der Waals surface area contributed by atoms with Crippen molar-refractivity contribution in [1.82, 2.24) is 5.43 Å². The minimum Gasteiger partial charge on any atom is -0.490 e. The molecule has 0 aliphatic carbocycles. The number of nitro benzene ring substituents is 1. The van der Waals surface area contributed by atoms with Gasteiger partial charge in [0.2, 0.25) is 0 Å². The molecule has 11 heteroatoms. The zero-order valence-corrected chi connectivity index (χ0v) is 21.2. The van der Waals surface area contributed by atoms with Gasteiger partial charge in [-0.05, 0) is 67.8 Å². The van der Waals surface area contributed by atoms with E-state index in [1.54, 1.807) is 19.1 Å². The lowest BCUT2D eigenvalue weighted by atomic mass is 10.1. The highest BCUT2D eigenvalue weighted by Crippen LogP contribution is 2.36. The first kappa shape index (κ1) is 27.2. The van der Waals surface area contributed by atoms with Gasteiger partial charge >= 0.3 is 0 Å². The summed E-state index contributed by atoms with van der Waals surface area (Å²) < 4.78 is 11.3. The van der Waals surface area contributed by atoms with Crippen LogP contribution in [0.3, 0.4) is 0 Å². The zero-order chi connectivity index (χ0) is 26.9. The zero-order valence-electron chi connectivity index (χ0n) is 20.4. The summed E-state index contributed by atoms with van der Waals surface area (Å²) in [5, 5.41) is 17.7. The van der Waals surface area contributed by atoms with Gasteiger partial charge in [-0.3, -0.25) is 19.7 Å². The Kier molecular flexibility index (Phi) is 9.17. The van der Waals surface area contributed by atoms with Crippen LogP contribution in [0.2, 0.25) is 5.02 Å². The minimum atomic E-state index is -0.551. The number of anilines is 1. The van der Waals surface area contributed by atoms with Gasteiger partial charge in [0, 0.05) is 23.4 Å². The van der Waals surface area contributed by atoms with Crippen molar-refractivity contribution in [3.63, 3.8) is 0 Å². The van der Waals surface area contributed by atoms with Crippen molar-refractivity contribution in [2.24, 2.45) is 5.10 Å². The van der Waals surface area contributed by atoms with Crippen LogP contribution in [-0.4, -0.2) is 36.2 Å². The first-order chi connectivity index (χ1) is 17.7. The Morgan fingerprint density at radius 1 is 1.11 bits per heavy atom. The van der Waals surface area contributed by atoms with Crippen LogP contribution in [0.1, 0.15) is 34.0 Å². The van der Waals surface area contributed by atoms with E-state index in [9.17, 15) is 19.7 Å². The molecule has 0 saturated heterocycles. The van der Waals surface area contributed by atoms with Crippen LogP contribution in [0.25, 0.3) is 0 Å². The van der Waals surface area contributed by atoms with Crippen LogP contribution in [0.4, 0.5) is 11.4 Å². The second-order valence-electron chi connectivity index (χ2n) is 7.85. The second kappa shape index (κ2) is 12.5. The number of hydrogen-bond donors (Lipinski definition) is 2. The molecule has 10 nitrogen and oxygen atoms in total. The number of amides is 2. The highest BCUT2D eigenvalue weighted by molar-refractivity contribution is 6.32. The molecule has 2 amide bonds. The Balaban J connectivity index is 1.66. The Hall–Kier alpha value is -4.44. The molecule has 37 heavy (non-hydrogen) atoms. The lowest BCUT2D eigenvalue weighted by Crippen LogP contribution is -2.21. The number of halogens is 1. The topological polar surface area (TPSA) is 132 Å². The lowest BCUT2D eigenvalue weighted by molar-refractivity contribution is -0.384. The summed E-state index contributed by atoms with van der Waals surface area (Å²) in [6, 6.07) is 13.9. The van der Waals surface area contributed by atoms with Crippen LogP contribution in [0.15, 0.2) is 59.7 Å². The molecule has 0 spiro atoms. The fourth-order valence-electron chi connectivity index (χ4n) is 3.24. The molecule has 3 aromatic rings. The number of carbonyl (C=O) groups is 2. The molecule has 0 aliphatic rings. The Morgan fingerprint density at radius 2 is 1.84 bits per heavy atom. The molecule has 0 atom stereocenters. The predicted octanol–water partition coefficient (Wildman–Crippen LogP) is 5.05. The molecule has 0 fully saturated rings. The summed E-state index contributed by atoms with van der Waals surface area (Å²) in [6.07, 6.45) is 1.36. The fourth-order valence-corrected chi connectivity index (χ4v) is 3.51. The third-order valence-corrected chi connectivity index (χ3v) is 5.56. The Labute approximate surface area is 218 Å². The van der Waals surface area contributed by atoms with E-state index in [4.69, 9.17) is 21.1 Å². The number of non-ortho nitro benzene ring substituents is 1. The summed E-state index contributed by atoms with van der Waals surface area (Å²) in [6.45, 7) is 5.70. The third-order valence-electron chi connectivity index (χ3n) is 5.28. The molecule has 3 rings (SSSR count). The predicted molar refractivity (Wildman–Crippen MR) is 141 cm³/mol. The molecular weight excluding hydrogens is 500 g/mol. The van der Waals surface area contributed by atoms with Crippen LogP contribution in [0.5, 0.6) is 11.5 Å². The number of hydrogen-bond acceptors (Lipinski definition) is 7. The van der Waals surface area contributed by atoms with Gasteiger partial charge in [-0.1, -0.05) is 23.7 Å². The summed E-state index contributed by atoms with van der Waals surface area (Å²) in [4.78, 5) is 34.9. The van der Waals surface area contributed by atoms with E-state index in [0.29, 0.717) is 23.6 Å². The van der Waals surface area contributed by atoms with Crippen molar-refractivity contribution >= 4 is 41.0 Å². The number of ether oxygens (including phenoxy) is 2. The second-order valence-corrected chi connectivity index (χ2v) is 8.26. The van der Waals surface area contributed by atoms with E-state index in [2.05, 4.69) is 15.8 Å². The van der Waals surface area contributed by atoms with Gasteiger partial charge in [0.15, 0.2) is 18.1 Å². The number of nitro groups is 1. The quantitative estimate of drug-likeness (QED) is 0.217. The first-order valence-corrected chi connectivity index (χ1v) is 11.6. The summed E-state index contributed by atoms with van der Waals surface area (Å²) >= 11 is 6.40. The SMILES string of the molecule is CCOc1cc(/C=N/NC(=O)c2ccc([N+](=O)[O-])cc2)cc(Cl)c1OCC(=O)Nc1cccc(C)c1C. The van der Waals surface area contributed by atoms with Crippen molar-refractivity contribution < 1.29 is 24.0 Å². The number of carbonyl (C=O) groups excluding carboxylic acids is 2. The standard InChI is InChI=1S/C26H25ClN4O6/c1-4-36-23-13-18(14-28-30-26(33)19-8-10-20(11-9-19)31(34)35)12-21(27)25(23)37-15-24(32)29-22-7-5-6-16(2)17(22)3/h5-14H,4,15H2,1-3H3,(H,29,32)(H,30,33)/b28-14+. The van der Waals surface area contributed by atoms with Gasteiger partial charge in [-0.15, -0.1) is 0 Å². The molecule has 0 unspecified atom stereocenters. The van der Waals surface area contributed by atoms with Gasteiger partial charge in [-0.25, -0.2) is 5.43 Å². The Bertz CT molecular complexity index is 1340. The van der Waals surface area contributed by atoms with Crippen molar-refractivity contribution in [2.75, 3.05) is 18.5 Å². The van der Waals surface area contributed by atoms with E-state index in [1.807, 2.05) is 32.0 Å². The molecule has 3 aromatic carbocycles. The number of benzene rings is 3. The summed E-state index contributed by atoms with van der Waals surface area (Å²) in [5.74, 6) is -0.395. The van der Waals surface area contributed by atoms with Gasteiger partial charge < -0.3 is 14.8 Å². The van der Waals surface area contributed by atoms with E-state index in [-0.39, 0.29) is 34.5 Å². The monoisotopic (exact) mass is 524 g/mol. The van der Waals surface area contributed by atoms with Crippen LogP contribution in [-0.2, 0) is 4.79 Å². The molecule has 0 heterocycles. The number of aryl methyl sites for hydroxylation is 1. The molecule has 2 N–H and O–H groups in total. The fraction of sp³-hybridized carbons (Fsp3) is 0.192. The van der Waals surface area contributed by atoms with Crippen LogP contribution >= 0.6 is 11.6 Å². The summed E-state index contributed by atoms with van der Waals surface area (Å²) in [7, 11) is 0. The average molecular weight is 525 g/mol. The van der Waals surface area contributed by atoms with E-state index in [1.165, 1.54) is 30.5 Å². The van der Waals surface area contributed by atoms with E-state index >= 15 is 0 Å². The maximum Gasteiger partial charge on any atom is 0.271 e. The van der Waals surface area contributed by atoms with E-state index in [0.717, 1.165) is 11.1 Å². The van der Waals surface area contributed by atoms with Crippen molar-refractivity contribution in [3.05, 3.63) is 92.0 Å². The first-order valence-electron chi connectivity index (χ1n) is 11.2.